The normalized spacial score (nSPS) is 18.8. The molecule has 2 heterocycles. The smallest absolute Gasteiger partial charge is 0.318 e. The Morgan fingerprint density at radius 3 is 3.06 bits per heavy atom. The Morgan fingerprint density at radius 2 is 2.39 bits per heavy atom. The van der Waals surface area contributed by atoms with Crippen molar-refractivity contribution in [2.45, 2.75) is 25.4 Å². The Balaban J connectivity index is 1.87. The summed E-state index contributed by atoms with van der Waals surface area (Å²) in [6.45, 7) is 0.985. The number of hydrogen-bond acceptors (Lipinski definition) is 3. The van der Waals surface area contributed by atoms with Crippen LogP contribution in [0.25, 0.3) is 0 Å². The van der Waals surface area contributed by atoms with E-state index >= 15 is 0 Å². The molecule has 1 unspecified atom stereocenters. The van der Waals surface area contributed by atoms with Crippen molar-refractivity contribution in [2.75, 3.05) is 6.54 Å². The van der Waals surface area contributed by atoms with Crippen LogP contribution in [-0.4, -0.2) is 39.6 Å². The van der Waals surface area contributed by atoms with Crippen molar-refractivity contribution in [1.29, 1.82) is 0 Å². The molecule has 0 saturated carbocycles. The molecule has 0 radical (unpaired) electrons. The van der Waals surface area contributed by atoms with Crippen LogP contribution in [0.15, 0.2) is 24.4 Å². The Bertz CT molecular complexity index is 435. The molecule has 2 amide bonds. The first-order chi connectivity index (χ1) is 8.65. The van der Waals surface area contributed by atoms with E-state index in [0.717, 1.165) is 5.69 Å². The van der Waals surface area contributed by atoms with Gasteiger partial charge in [0.25, 0.3) is 0 Å². The van der Waals surface area contributed by atoms with Gasteiger partial charge in [-0.15, -0.1) is 0 Å². The summed E-state index contributed by atoms with van der Waals surface area (Å²) in [5, 5.41) is 11.4. The molecular formula is C12H15N3O3. The molecule has 1 aromatic heterocycles. The van der Waals surface area contributed by atoms with Gasteiger partial charge in [0.05, 0.1) is 12.2 Å². The maximum atomic E-state index is 11.7. The van der Waals surface area contributed by atoms with Crippen molar-refractivity contribution in [3.05, 3.63) is 30.1 Å². The summed E-state index contributed by atoms with van der Waals surface area (Å²) in [5.74, 6) is -0.840. The topological polar surface area (TPSA) is 82.5 Å². The number of carbonyl (C=O) groups excluding carboxylic acids is 1. The predicted molar refractivity (Wildman–Crippen MR) is 63.8 cm³/mol. The van der Waals surface area contributed by atoms with Crippen LogP contribution in [0.1, 0.15) is 18.5 Å². The van der Waals surface area contributed by atoms with Crippen LogP contribution in [0, 0.1) is 0 Å². The van der Waals surface area contributed by atoms with E-state index in [4.69, 9.17) is 5.11 Å². The monoisotopic (exact) mass is 249 g/mol. The summed E-state index contributed by atoms with van der Waals surface area (Å²) in [6.07, 6.45) is 2.22. The molecule has 6 heteroatoms. The first-order valence-corrected chi connectivity index (χ1v) is 5.82. The number of carboxylic acid groups (broad SMARTS) is 1. The summed E-state index contributed by atoms with van der Waals surface area (Å²) in [5.41, 5.74) is 0.825. The largest absolute Gasteiger partial charge is 0.481 e. The van der Waals surface area contributed by atoms with E-state index in [0.29, 0.717) is 19.5 Å². The molecule has 0 aliphatic carbocycles. The zero-order valence-corrected chi connectivity index (χ0v) is 9.87. The van der Waals surface area contributed by atoms with Crippen LogP contribution in [0.3, 0.4) is 0 Å². The maximum absolute atomic E-state index is 11.7. The number of carboxylic acids is 1. The van der Waals surface area contributed by atoms with Crippen LogP contribution < -0.4 is 5.32 Å². The summed E-state index contributed by atoms with van der Waals surface area (Å²) in [6, 6.07) is 5.31. The van der Waals surface area contributed by atoms with Gasteiger partial charge in [-0.3, -0.25) is 9.78 Å². The van der Waals surface area contributed by atoms with E-state index in [1.165, 1.54) is 0 Å². The fraction of sp³-hybridized carbons (Fsp3) is 0.417. The van der Waals surface area contributed by atoms with Gasteiger partial charge >= 0.3 is 12.0 Å². The summed E-state index contributed by atoms with van der Waals surface area (Å²) in [4.78, 5) is 28.0. The molecular weight excluding hydrogens is 234 g/mol. The van der Waals surface area contributed by atoms with Gasteiger partial charge < -0.3 is 15.3 Å². The van der Waals surface area contributed by atoms with Gasteiger partial charge in [0.15, 0.2) is 0 Å². The Labute approximate surface area is 105 Å². The van der Waals surface area contributed by atoms with Crippen molar-refractivity contribution in [3.63, 3.8) is 0 Å². The summed E-state index contributed by atoms with van der Waals surface area (Å²) in [7, 11) is 0. The Morgan fingerprint density at radius 1 is 1.56 bits per heavy atom. The number of pyridine rings is 1. The van der Waals surface area contributed by atoms with E-state index in [1.807, 2.05) is 18.2 Å². The summed E-state index contributed by atoms with van der Waals surface area (Å²) < 4.78 is 0. The van der Waals surface area contributed by atoms with Crippen molar-refractivity contribution < 1.29 is 14.7 Å². The first kappa shape index (κ1) is 12.3. The Kier molecular flexibility index (Phi) is 3.76. The van der Waals surface area contributed by atoms with E-state index in [-0.39, 0.29) is 18.5 Å². The van der Waals surface area contributed by atoms with E-state index in [1.54, 1.807) is 11.1 Å². The van der Waals surface area contributed by atoms with E-state index in [2.05, 4.69) is 10.3 Å². The van der Waals surface area contributed by atoms with Crippen LogP contribution >= 0.6 is 0 Å². The lowest BCUT2D eigenvalue weighted by atomic mass is 10.1. The number of rotatable bonds is 5. The number of amides is 2. The SMILES string of the molecule is O=C(O)CCC1CN(Cc2ccccn2)C(=O)N1. The molecule has 0 bridgehead atoms. The van der Waals surface area contributed by atoms with Crippen molar-refractivity contribution in [3.8, 4) is 0 Å². The molecule has 1 aromatic rings. The van der Waals surface area contributed by atoms with Gasteiger partial charge in [-0.05, 0) is 18.6 Å². The number of nitrogens with one attached hydrogen (secondary N) is 1. The number of nitrogens with zero attached hydrogens (tertiary/aromatic N) is 2. The Hall–Kier alpha value is -2.11. The number of aromatic nitrogens is 1. The molecule has 1 aliphatic rings. The van der Waals surface area contributed by atoms with Gasteiger partial charge in [0.2, 0.25) is 0 Å². The highest BCUT2D eigenvalue weighted by Crippen LogP contribution is 2.12. The predicted octanol–water partition coefficient (Wildman–Crippen LogP) is 0.840. The second kappa shape index (κ2) is 5.48. The maximum Gasteiger partial charge on any atom is 0.318 e. The molecule has 96 valence electrons. The average Bonchev–Trinajstić information content (AvgIpc) is 2.69. The van der Waals surface area contributed by atoms with Gasteiger partial charge in [0, 0.05) is 25.2 Å². The zero-order chi connectivity index (χ0) is 13.0. The lowest BCUT2D eigenvalue weighted by Crippen LogP contribution is -2.28. The molecule has 1 saturated heterocycles. The van der Waals surface area contributed by atoms with Crippen molar-refractivity contribution in [1.82, 2.24) is 15.2 Å². The standard InChI is InChI=1S/C12H15N3O3/c16-11(17)5-4-10-8-15(12(18)14-10)7-9-3-1-2-6-13-9/h1-3,6,10H,4-5,7-8H2,(H,14,18)(H,16,17). The zero-order valence-electron chi connectivity index (χ0n) is 9.87. The molecule has 2 rings (SSSR count). The second-order valence-corrected chi connectivity index (χ2v) is 4.28. The number of urea groups is 1. The van der Waals surface area contributed by atoms with Gasteiger partial charge in [0.1, 0.15) is 0 Å². The fourth-order valence-electron chi connectivity index (χ4n) is 1.95. The molecule has 18 heavy (non-hydrogen) atoms. The minimum absolute atomic E-state index is 0.0718. The highest BCUT2D eigenvalue weighted by atomic mass is 16.4. The van der Waals surface area contributed by atoms with Crippen molar-refractivity contribution >= 4 is 12.0 Å². The third kappa shape index (κ3) is 3.19. The fourth-order valence-corrected chi connectivity index (χ4v) is 1.95. The summed E-state index contributed by atoms with van der Waals surface area (Å²) >= 11 is 0. The minimum Gasteiger partial charge on any atom is -0.481 e. The highest BCUT2D eigenvalue weighted by molar-refractivity contribution is 5.77. The molecule has 1 fully saturated rings. The van der Waals surface area contributed by atoms with Gasteiger partial charge in [-0.25, -0.2) is 4.79 Å². The molecule has 1 atom stereocenters. The molecule has 2 N–H and O–H groups in total. The minimum atomic E-state index is -0.840. The lowest BCUT2D eigenvalue weighted by molar-refractivity contribution is -0.137. The van der Waals surface area contributed by atoms with Crippen molar-refractivity contribution in [2.24, 2.45) is 0 Å². The first-order valence-electron chi connectivity index (χ1n) is 5.82. The van der Waals surface area contributed by atoms with E-state index in [9.17, 15) is 9.59 Å². The van der Waals surface area contributed by atoms with E-state index < -0.39 is 5.97 Å². The van der Waals surface area contributed by atoms with Crippen LogP contribution in [-0.2, 0) is 11.3 Å². The number of aliphatic carboxylic acids is 1. The van der Waals surface area contributed by atoms with Gasteiger partial charge in [-0.2, -0.15) is 0 Å². The quantitative estimate of drug-likeness (QED) is 0.810. The molecule has 6 nitrogen and oxygen atoms in total. The van der Waals surface area contributed by atoms with Crippen LogP contribution in [0.5, 0.6) is 0 Å². The molecule has 1 aliphatic heterocycles. The van der Waals surface area contributed by atoms with Crippen LogP contribution in [0.2, 0.25) is 0 Å². The van der Waals surface area contributed by atoms with Gasteiger partial charge in [-0.1, -0.05) is 6.07 Å². The number of hydrogen-bond donors (Lipinski definition) is 2. The second-order valence-electron chi connectivity index (χ2n) is 4.28. The average molecular weight is 249 g/mol. The third-order valence-electron chi connectivity index (χ3n) is 2.84. The third-order valence-corrected chi connectivity index (χ3v) is 2.84. The number of carbonyl (C=O) groups is 2. The van der Waals surface area contributed by atoms with Crippen LogP contribution in [0.4, 0.5) is 4.79 Å². The molecule has 0 aromatic carbocycles. The lowest BCUT2D eigenvalue weighted by Gasteiger charge is -2.13. The molecule has 0 spiro atoms. The highest BCUT2D eigenvalue weighted by Gasteiger charge is 2.28.